The molecule has 1 heterocycles. The van der Waals surface area contributed by atoms with E-state index in [0.29, 0.717) is 6.04 Å². The molecule has 1 heteroatoms. The van der Waals surface area contributed by atoms with Crippen molar-refractivity contribution < 1.29 is 0 Å². The van der Waals surface area contributed by atoms with Crippen molar-refractivity contribution >= 4 is 6.08 Å². The molecule has 1 atom stereocenters. The molecule has 0 aromatic heterocycles. The van der Waals surface area contributed by atoms with Crippen molar-refractivity contribution in [2.75, 3.05) is 6.54 Å². The van der Waals surface area contributed by atoms with Gasteiger partial charge in [0.25, 0.3) is 0 Å². The lowest BCUT2D eigenvalue weighted by Gasteiger charge is -2.01. The number of hydrogen-bond acceptors (Lipinski definition) is 1. The molecule has 2 rings (SSSR count). The maximum atomic E-state index is 3.44. The molecule has 68 valence electrons. The summed E-state index contributed by atoms with van der Waals surface area (Å²) in [5, 5.41) is 3.44. The zero-order valence-corrected chi connectivity index (χ0v) is 7.74. The predicted molar refractivity (Wildman–Crippen MR) is 56.5 cm³/mol. The second kappa shape index (κ2) is 4.24. The Kier molecular flexibility index (Phi) is 2.78. The van der Waals surface area contributed by atoms with Crippen molar-refractivity contribution in [1.82, 2.24) is 5.32 Å². The molecule has 0 spiro atoms. The van der Waals surface area contributed by atoms with E-state index in [-0.39, 0.29) is 0 Å². The van der Waals surface area contributed by atoms with E-state index in [9.17, 15) is 0 Å². The van der Waals surface area contributed by atoms with Crippen molar-refractivity contribution in [1.29, 1.82) is 0 Å². The summed E-state index contributed by atoms with van der Waals surface area (Å²) in [4.78, 5) is 0. The molecule has 1 aromatic rings. The van der Waals surface area contributed by atoms with E-state index >= 15 is 0 Å². The summed E-state index contributed by atoms with van der Waals surface area (Å²) >= 11 is 0. The number of benzene rings is 1. The first-order valence-corrected chi connectivity index (χ1v) is 4.92. The van der Waals surface area contributed by atoms with Crippen molar-refractivity contribution in [2.24, 2.45) is 0 Å². The van der Waals surface area contributed by atoms with Crippen molar-refractivity contribution in [3.8, 4) is 0 Å². The largest absolute Gasteiger partial charge is 0.311 e. The molecule has 1 aliphatic heterocycles. The summed E-state index contributed by atoms with van der Waals surface area (Å²) in [6.45, 7) is 1.17. The first-order chi connectivity index (χ1) is 6.45. The fraction of sp³-hybridized carbons (Fsp3) is 0.333. The molecule has 1 aromatic carbocycles. The third kappa shape index (κ3) is 2.43. The second-order valence-corrected chi connectivity index (χ2v) is 3.47. The normalized spacial score (nSPS) is 22.6. The van der Waals surface area contributed by atoms with Crippen LogP contribution in [-0.2, 0) is 0 Å². The quantitative estimate of drug-likeness (QED) is 0.724. The molecule has 0 bridgehead atoms. The second-order valence-electron chi connectivity index (χ2n) is 3.47. The van der Waals surface area contributed by atoms with Crippen LogP contribution >= 0.6 is 0 Å². The van der Waals surface area contributed by atoms with Crippen LogP contribution in [0.4, 0.5) is 0 Å². The van der Waals surface area contributed by atoms with Gasteiger partial charge in [-0.2, -0.15) is 0 Å². The molecule has 1 N–H and O–H groups in total. The van der Waals surface area contributed by atoms with Crippen molar-refractivity contribution in [3.05, 3.63) is 42.0 Å². The van der Waals surface area contributed by atoms with Crippen LogP contribution in [0.2, 0.25) is 0 Å². The van der Waals surface area contributed by atoms with Gasteiger partial charge in [0.1, 0.15) is 0 Å². The lowest BCUT2D eigenvalue weighted by atomic mass is 10.1. The minimum Gasteiger partial charge on any atom is -0.311 e. The van der Waals surface area contributed by atoms with Crippen LogP contribution in [0.15, 0.2) is 36.4 Å². The number of rotatable bonds is 2. The number of hydrogen-bond donors (Lipinski definition) is 1. The van der Waals surface area contributed by atoms with Gasteiger partial charge >= 0.3 is 0 Å². The summed E-state index contributed by atoms with van der Waals surface area (Å²) in [6, 6.07) is 11.0. The van der Waals surface area contributed by atoms with Gasteiger partial charge < -0.3 is 5.32 Å². The predicted octanol–water partition coefficient (Wildman–Crippen LogP) is 2.45. The molecular formula is C12H15N. The topological polar surface area (TPSA) is 12.0 Å². The van der Waals surface area contributed by atoms with Crippen molar-refractivity contribution in [2.45, 2.75) is 18.9 Å². The van der Waals surface area contributed by atoms with Crippen molar-refractivity contribution in [3.63, 3.8) is 0 Å². The lowest BCUT2D eigenvalue weighted by Crippen LogP contribution is -2.17. The fourth-order valence-electron chi connectivity index (χ4n) is 1.67. The highest BCUT2D eigenvalue weighted by Crippen LogP contribution is 2.08. The third-order valence-electron chi connectivity index (χ3n) is 2.42. The minimum atomic E-state index is 0.597. The summed E-state index contributed by atoms with van der Waals surface area (Å²) in [5.41, 5.74) is 1.29. The SMILES string of the molecule is C(=C/[C@@H]1CCCN1)/c1ccccc1. The zero-order valence-electron chi connectivity index (χ0n) is 7.74. The molecule has 0 saturated carbocycles. The van der Waals surface area contributed by atoms with Crippen LogP contribution in [-0.4, -0.2) is 12.6 Å². The fourth-order valence-corrected chi connectivity index (χ4v) is 1.67. The molecule has 0 amide bonds. The molecule has 13 heavy (non-hydrogen) atoms. The van der Waals surface area contributed by atoms with E-state index in [1.807, 2.05) is 6.07 Å². The van der Waals surface area contributed by atoms with Crippen LogP contribution in [0.25, 0.3) is 6.08 Å². The summed E-state index contributed by atoms with van der Waals surface area (Å²) in [7, 11) is 0. The van der Waals surface area contributed by atoms with E-state index in [1.165, 1.54) is 24.9 Å². The molecule has 0 radical (unpaired) electrons. The van der Waals surface area contributed by atoms with Gasteiger partial charge in [-0.25, -0.2) is 0 Å². The molecular weight excluding hydrogens is 158 g/mol. The Morgan fingerprint density at radius 3 is 2.77 bits per heavy atom. The molecule has 1 saturated heterocycles. The van der Waals surface area contributed by atoms with Crippen LogP contribution in [0.5, 0.6) is 0 Å². The first kappa shape index (κ1) is 8.52. The van der Waals surface area contributed by atoms with Gasteiger partial charge in [0, 0.05) is 6.04 Å². The first-order valence-electron chi connectivity index (χ1n) is 4.92. The molecule has 1 nitrogen and oxygen atoms in total. The summed E-state index contributed by atoms with van der Waals surface area (Å²) in [6.07, 6.45) is 7.05. The van der Waals surface area contributed by atoms with E-state index in [0.717, 1.165) is 0 Å². The molecule has 1 aliphatic rings. The maximum absolute atomic E-state index is 3.44. The molecule has 0 unspecified atom stereocenters. The highest BCUT2D eigenvalue weighted by molar-refractivity contribution is 5.49. The van der Waals surface area contributed by atoms with E-state index in [4.69, 9.17) is 0 Å². The Morgan fingerprint density at radius 1 is 1.23 bits per heavy atom. The Balaban J connectivity index is 1.97. The minimum absolute atomic E-state index is 0.597. The van der Waals surface area contributed by atoms with E-state index in [2.05, 4.69) is 41.7 Å². The Labute approximate surface area is 79.5 Å². The maximum Gasteiger partial charge on any atom is 0.0253 e. The summed E-state index contributed by atoms with van der Waals surface area (Å²) in [5.74, 6) is 0. The highest BCUT2D eigenvalue weighted by Gasteiger charge is 2.09. The molecule has 1 fully saturated rings. The highest BCUT2D eigenvalue weighted by atomic mass is 14.9. The average Bonchev–Trinajstić information content (AvgIpc) is 2.69. The summed E-state index contributed by atoms with van der Waals surface area (Å²) < 4.78 is 0. The third-order valence-corrected chi connectivity index (χ3v) is 2.42. The Morgan fingerprint density at radius 2 is 2.08 bits per heavy atom. The Bertz CT molecular complexity index is 270. The van der Waals surface area contributed by atoms with Crippen LogP contribution < -0.4 is 5.32 Å². The van der Waals surface area contributed by atoms with E-state index < -0.39 is 0 Å². The lowest BCUT2D eigenvalue weighted by molar-refractivity contribution is 0.730. The van der Waals surface area contributed by atoms with E-state index in [1.54, 1.807) is 0 Å². The Hall–Kier alpha value is -1.08. The van der Waals surface area contributed by atoms with Gasteiger partial charge in [0.2, 0.25) is 0 Å². The van der Waals surface area contributed by atoms with Crippen LogP contribution in [0, 0.1) is 0 Å². The molecule has 0 aliphatic carbocycles. The van der Waals surface area contributed by atoms with Gasteiger partial charge in [0.05, 0.1) is 0 Å². The van der Waals surface area contributed by atoms with Gasteiger partial charge in [-0.05, 0) is 24.9 Å². The van der Waals surface area contributed by atoms with Crippen LogP contribution in [0.3, 0.4) is 0 Å². The van der Waals surface area contributed by atoms with Crippen LogP contribution in [0.1, 0.15) is 18.4 Å². The average molecular weight is 173 g/mol. The monoisotopic (exact) mass is 173 g/mol. The standard InChI is InChI=1S/C12H15N/c1-2-5-11(6-3-1)8-9-12-7-4-10-13-12/h1-3,5-6,8-9,12-13H,4,7,10H2/b9-8-/t12-/m0/s1. The smallest absolute Gasteiger partial charge is 0.0253 e. The number of nitrogens with one attached hydrogen (secondary N) is 1. The zero-order chi connectivity index (χ0) is 8.93. The van der Waals surface area contributed by atoms with Gasteiger partial charge in [-0.15, -0.1) is 0 Å². The van der Waals surface area contributed by atoms with Gasteiger partial charge in [-0.1, -0.05) is 42.5 Å². The van der Waals surface area contributed by atoms with Gasteiger partial charge in [-0.3, -0.25) is 0 Å². The van der Waals surface area contributed by atoms with Gasteiger partial charge in [0.15, 0.2) is 0 Å².